The zero-order valence-electron chi connectivity index (χ0n) is 14.8. The summed E-state index contributed by atoms with van der Waals surface area (Å²) in [7, 11) is 12.3. The molecule has 5 nitrogen and oxygen atoms in total. The van der Waals surface area contributed by atoms with Gasteiger partial charge in [0, 0.05) is 61.7 Å². The molecule has 3 rings (SSSR count). The van der Waals surface area contributed by atoms with Gasteiger partial charge in [0.1, 0.15) is 21.4 Å². The molecule has 2 atom stereocenters. The number of hydrogen-bond donors (Lipinski definition) is 1. The highest BCUT2D eigenvalue weighted by Gasteiger charge is 2.31. The molecule has 25 heavy (non-hydrogen) atoms. The normalized spacial score (nSPS) is 25.4. The van der Waals surface area contributed by atoms with Crippen molar-refractivity contribution in [1.29, 1.82) is 0 Å². The Kier molecular flexibility index (Phi) is 6.47. The highest BCUT2D eigenvalue weighted by atomic mass is 32.2. The van der Waals surface area contributed by atoms with E-state index in [0.717, 1.165) is 62.4 Å². The first-order valence-electron chi connectivity index (χ1n) is 8.93. The van der Waals surface area contributed by atoms with Crippen LogP contribution in [0.5, 0.6) is 5.75 Å². The van der Waals surface area contributed by atoms with Gasteiger partial charge in [-0.2, -0.15) is 0 Å². The van der Waals surface area contributed by atoms with Crippen LogP contribution >= 0.6 is 0 Å². The summed E-state index contributed by atoms with van der Waals surface area (Å²) in [4.78, 5) is 2.41. The Morgan fingerprint density at radius 1 is 1.36 bits per heavy atom. The number of ether oxygens (including phenoxy) is 1. The molecule has 2 heterocycles. The lowest BCUT2D eigenvalue weighted by Crippen LogP contribution is -2.46. The number of likely N-dealkylation sites (tertiary alicyclic amines) is 1. The largest absolute Gasteiger partial charge is 0.509 e. The molecule has 1 aromatic rings. The summed E-state index contributed by atoms with van der Waals surface area (Å²) in [5, 5.41) is 3.10. The van der Waals surface area contributed by atoms with Crippen LogP contribution in [0.1, 0.15) is 24.8 Å². The van der Waals surface area contributed by atoms with E-state index in [0.29, 0.717) is 11.8 Å². The monoisotopic (exact) mass is 357 g/mol. The molecule has 0 saturated carbocycles. The van der Waals surface area contributed by atoms with Crippen molar-refractivity contribution in [1.82, 2.24) is 9.21 Å². The molecule has 0 spiro atoms. The van der Waals surface area contributed by atoms with Gasteiger partial charge in [0.25, 0.3) is 0 Å². The summed E-state index contributed by atoms with van der Waals surface area (Å²) < 4.78 is 19.9. The fraction of sp³-hybridized carbons (Fsp3) is 0.647. The first-order chi connectivity index (χ1) is 12.1. The van der Waals surface area contributed by atoms with Crippen molar-refractivity contribution in [2.24, 2.45) is 0 Å². The average Bonchev–Trinajstić information content (AvgIpc) is 3.02. The molecule has 1 aromatic carbocycles. The van der Waals surface area contributed by atoms with Gasteiger partial charge in [0.2, 0.25) is 0 Å². The highest BCUT2D eigenvalue weighted by molar-refractivity contribution is 7.82. The van der Waals surface area contributed by atoms with Crippen LogP contribution in [0.15, 0.2) is 18.2 Å². The van der Waals surface area contributed by atoms with E-state index in [4.69, 9.17) is 20.4 Å². The number of rotatable bonds is 6. The van der Waals surface area contributed by atoms with Crippen LogP contribution in [0, 0.1) is 0 Å². The van der Waals surface area contributed by atoms with E-state index in [1.165, 1.54) is 0 Å². The van der Waals surface area contributed by atoms with Gasteiger partial charge in [-0.1, -0.05) is 6.07 Å². The maximum Gasteiger partial charge on any atom is 0.123 e. The fourth-order valence-corrected chi connectivity index (χ4v) is 5.11. The first-order valence-corrected chi connectivity index (χ1v) is 10.2. The predicted molar refractivity (Wildman–Crippen MR) is 105 cm³/mol. The lowest BCUT2D eigenvalue weighted by Gasteiger charge is -2.37. The molecule has 2 aliphatic rings. The maximum absolute atomic E-state index is 12.1. The summed E-state index contributed by atoms with van der Waals surface area (Å²) in [5.41, 5.74) is 2.03. The van der Waals surface area contributed by atoms with E-state index < -0.39 is 16.9 Å². The second kappa shape index (κ2) is 8.60. The van der Waals surface area contributed by atoms with E-state index in [2.05, 4.69) is 20.6 Å². The van der Waals surface area contributed by atoms with Gasteiger partial charge in [0.05, 0.1) is 11.0 Å². The van der Waals surface area contributed by atoms with Gasteiger partial charge in [-0.25, -0.2) is 8.51 Å². The number of anilines is 1. The highest BCUT2D eigenvalue weighted by Crippen LogP contribution is 2.28. The van der Waals surface area contributed by atoms with Crippen LogP contribution in [0.3, 0.4) is 0 Å². The summed E-state index contributed by atoms with van der Waals surface area (Å²) in [5.74, 6) is 0.689. The van der Waals surface area contributed by atoms with Gasteiger partial charge in [0.15, 0.2) is 0 Å². The number of piperidine rings is 1. The zero-order valence-corrected chi connectivity index (χ0v) is 15.6. The van der Waals surface area contributed by atoms with Crippen molar-refractivity contribution < 1.29 is 8.95 Å². The fourth-order valence-electron chi connectivity index (χ4n) is 3.66. The summed E-state index contributed by atoms with van der Waals surface area (Å²) in [6, 6.07) is 6.40. The zero-order chi connectivity index (χ0) is 17.8. The third kappa shape index (κ3) is 4.80. The second-order valence-corrected chi connectivity index (χ2v) is 8.23. The third-order valence-corrected chi connectivity index (χ3v) is 6.50. The first kappa shape index (κ1) is 18.8. The molecule has 2 saturated heterocycles. The molecule has 4 radical (unpaired) electrons. The minimum absolute atomic E-state index is 0.384. The van der Waals surface area contributed by atoms with Crippen molar-refractivity contribution in [3.63, 3.8) is 0 Å². The van der Waals surface area contributed by atoms with Gasteiger partial charge >= 0.3 is 0 Å². The lowest BCUT2D eigenvalue weighted by atomic mass is 9.82. The molecule has 1 N–H and O–H groups in total. The van der Waals surface area contributed by atoms with E-state index in [1.54, 1.807) is 0 Å². The summed E-state index contributed by atoms with van der Waals surface area (Å²) >= 11 is 0. The molecule has 2 aliphatic heterocycles. The molecule has 0 aromatic heterocycles. The Morgan fingerprint density at radius 3 is 2.88 bits per heavy atom. The Morgan fingerprint density at radius 2 is 2.20 bits per heavy atom. The molecular weight excluding hydrogens is 332 g/mol. The van der Waals surface area contributed by atoms with Crippen molar-refractivity contribution in [2.45, 2.75) is 37.8 Å². The number of hydrogen-bond acceptors (Lipinski definition) is 4. The molecule has 0 amide bonds. The van der Waals surface area contributed by atoms with E-state index in [-0.39, 0.29) is 0 Å². The molecule has 2 unspecified atom stereocenters. The molecule has 0 bridgehead atoms. The lowest BCUT2D eigenvalue weighted by molar-refractivity contribution is 0.147. The van der Waals surface area contributed by atoms with Crippen LogP contribution in [0.4, 0.5) is 5.69 Å². The second-order valence-electron chi connectivity index (χ2n) is 6.71. The van der Waals surface area contributed by atoms with Crippen LogP contribution in [0.25, 0.3) is 0 Å². The Hall–Kier alpha value is -0.980. The molecule has 8 heteroatoms. The minimum atomic E-state index is -0.841. The number of nitrogens with one attached hydrogen (secondary N) is 1. The predicted octanol–water partition coefficient (Wildman–Crippen LogP) is 1.06. The van der Waals surface area contributed by atoms with Crippen LogP contribution in [-0.2, 0) is 17.5 Å². The third-order valence-electron chi connectivity index (χ3n) is 4.86. The van der Waals surface area contributed by atoms with Crippen molar-refractivity contribution >= 4 is 32.4 Å². The van der Waals surface area contributed by atoms with E-state index in [9.17, 15) is 4.21 Å². The number of benzene rings is 1. The van der Waals surface area contributed by atoms with Gasteiger partial charge in [-0.15, -0.1) is 0 Å². The molecule has 132 valence electrons. The van der Waals surface area contributed by atoms with Crippen molar-refractivity contribution in [2.75, 3.05) is 37.8 Å². The Labute approximate surface area is 155 Å². The molecule has 0 aliphatic carbocycles. The summed E-state index contributed by atoms with van der Waals surface area (Å²) in [6.07, 6.45) is 3.29. The molecular formula is C17H25B2N3O2S. The SMILES string of the molecule is [B]C([B])Oc1cc(NC)ccc1CN1CCCC(N2CCCS2=O)C1. The van der Waals surface area contributed by atoms with Gasteiger partial charge in [-0.3, -0.25) is 4.90 Å². The van der Waals surface area contributed by atoms with Gasteiger partial charge in [-0.05, 0) is 31.9 Å². The summed E-state index contributed by atoms with van der Waals surface area (Å²) in [6.45, 7) is 3.72. The topological polar surface area (TPSA) is 44.8 Å². The Bertz CT molecular complexity index is 618. The maximum atomic E-state index is 12.1. The van der Waals surface area contributed by atoms with Gasteiger partial charge < -0.3 is 10.1 Å². The quantitative estimate of drug-likeness (QED) is 0.774. The van der Waals surface area contributed by atoms with Crippen LogP contribution in [-0.4, -0.2) is 73.5 Å². The standard InChI is InChI=1S/C17H25B2N3O2S/c1-20-14-6-5-13(16(10-14)24-17(18)19)11-21-7-2-4-15(12-21)22-8-3-9-25(22)23/h5-6,10,15,17,20H,2-4,7-9,11-12H2,1H3. The smallest absolute Gasteiger partial charge is 0.123 e. The van der Waals surface area contributed by atoms with E-state index >= 15 is 0 Å². The van der Waals surface area contributed by atoms with Crippen molar-refractivity contribution in [3.05, 3.63) is 23.8 Å². The van der Waals surface area contributed by atoms with Crippen LogP contribution in [0.2, 0.25) is 0 Å². The number of nitrogens with zero attached hydrogens (tertiary/aromatic N) is 2. The average molecular weight is 357 g/mol. The molecule has 2 fully saturated rings. The van der Waals surface area contributed by atoms with Crippen molar-refractivity contribution in [3.8, 4) is 5.75 Å². The van der Waals surface area contributed by atoms with Crippen LogP contribution < -0.4 is 10.1 Å². The minimum Gasteiger partial charge on any atom is -0.509 e. The Balaban J connectivity index is 1.69. The van der Waals surface area contributed by atoms with E-state index in [1.807, 2.05) is 19.2 Å².